The highest BCUT2D eigenvalue weighted by molar-refractivity contribution is 6.11. The van der Waals surface area contributed by atoms with E-state index in [2.05, 4.69) is 23.3 Å². The Morgan fingerprint density at radius 3 is 2.45 bits per heavy atom. The van der Waals surface area contributed by atoms with Crippen molar-refractivity contribution >= 4 is 29.5 Å². The predicted octanol–water partition coefficient (Wildman–Crippen LogP) is 1.67. The third kappa shape index (κ3) is 6.05. The number of hydrogen-bond donors (Lipinski definition) is 2. The molecule has 2 unspecified atom stereocenters. The molecule has 1 aromatic carbocycles. The number of amides is 3. The average molecular weight is 428 g/mol. The smallest absolute Gasteiger partial charge is 0.275 e. The zero-order valence-corrected chi connectivity index (χ0v) is 17.9. The zero-order chi connectivity index (χ0) is 23.0. The second kappa shape index (κ2) is 11.1. The van der Waals surface area contributed by atoms with Crippen LogP contribution >= 0.6 is 0 Å². The van der Waals surface area contributed by atoms with Crippen LogP contribution in [0.1, 0.15) is 48.5 Å². The Morgan fingerprint density at radius 1 is 1.26 bits per heavy atom. The number of nitrogens with two attached hydrogens (primary N) is 1. The van der Waals surface area contributed by atoms with E-state index in [1.54, 1.807) is 29.7 Å². The van der Waals surface area contributed by atoms with Crippen LogP contribution < -0.4 is 11.3 Å². The van der Waals surface area contributed by atoms with Crippen LogP contribution in [0.4, 0.5) is 0 Å². The Labute approximate surface area is 181 Å². The maximum atomic E-state index is 12.8. The normalized spacial score (nSPS) is 16.1. The summed E-state index contributed by atoms with van der Waals surface area (Å²) < 4.78 is 0. The van der Waals surface area contributed by atoms with Crippen molar-refractivity contribution in [2.75, 3.05) is 14.1 Å². The lowest BCUT2D eigenvalue weighted by Gasteiger charge is -2.27. The summed E-state index contributed by atoms with van der Waals surface area (Å²) in [6.07, 6.45) is 8.25. The molecular formula is C21H28N6O4. The number of benzene rings is 1. The quantitative estimate of drug-likeness (QED) is 0.203. The highest BCUT2D eigenvalue weighted by Crippen LogP contribution is 2.22. The molecule has 2 rings (SSSR count). The largest absolute Gasteiger partial charge is 0.321 e. The molecule has 0 aromatic heterocycles. The molecule has 10 heteroatoms. The molecule has 31 heavy (non-hydrogen) atoms. The van der Waals surface area contributed by atoms with E-state index in [4.69, 9.17) is 5.84 Å². The standard InChI is InChI=1S/C21H28N6O4/c1-4-5-6-17-12-11-16(13-23-17)14-7-9-15(10-8-14)20(29)26(2)18(19(28)24-25-31)21(30)27(3)22/h7-11,13,17-18H,4-6,12,22H2,1-3H3,(H,24,28,31). The van der Waals surface area contributed by atoms with Gasteiger partial charge in [-0.05, 0) is 36.1 Å². The first-order valence-electron chi connectivity index (χ1n) is 10.1. The third-order valence-electron chi connectivity index (χ3n) is 5.08. The van der Waals surface area contributed by atoms with Crippen molar-refractivity contribution in [3.8, 4) is 0 Å². The molecule has 3 N–H and O–H groups in total. The van der Waals surface area contributed by atoms with E-state index < -0.39 is 23.8 Å². The van der Waals surface area contributed by atoms with Crippen molar-refractivity contribution in [2.24, 2.45) is 16.1 Å². The Morgan fingerprint density at radius 2 is 1.94 bits per heavy atom. The van der Waals surface area contributed by atoms with E-state index in [1.807, 2.05) is 6.21 Å². The van der Waals surface area contributed by atoms with Crippen LogP contribution in [0.15, 0.2) is 40.6 Å². The van der Waals surface area contributed by atoms with Gasteiger partial charge in [-0.15, -0.1) is 4.91 Å². The number of allylic oxidation sites excluding steroid dienone is 1. The van der Waals surface area contributed by atoms with Gasteiger partial charge in [0.1, 0.15) is 0 Å². The van der Waals surface area contributed by atoms with Gasteiger partial charge in [0, 0.05) is 25.9 Å². The molecular weight excluding hydrogens is 400 g/mol. The van der Waals surface area contributed by atoms with Gasteiger partial charge in [-0.2, -0.15) is 0 Å². The second-order valence-electron chi connectivity index (χ2n) is 7.38. The van der Waals surface area contributed by atoms with Crippen molar-refractivity contribution < 1.29 is 14.4 Å². The lowest BCUT2D eigenvalue weighted by atomic mass is 9.98. The first-order chi connectivity index (χ1) is 14.8. The summed E-state index contributed by atoms with van der Waals surface area (Å²) in [5, 5.41) is 2.95. The molecule has 166 valence electrons. The number of carbonyl (C=O) groups excluding carboxylic acids is 3. The monoisotopic (exact) mass is 428 g/mol. The Hall–Kier alpha value is -3.40. The van der Waals surface area contributed by atoms with E-state index >= 15 is 0 Å². The molecule has 0 spiro atoms. The summed E-state index contributed by atoms with van der Waals surface area (Å²) in [5.41, 5.74) is 3.81. The molecule has 0 saturated carbocycles. The van der Waals surface area contributed by atoms with Crippen LogP contribution in [0.5, 0.6) is 0 Å². The maximum Gasteiger partial charge on any atom is 0.275 e. The number of dihydropyridines is 1. The number of nitrogens with zero attached hydrogens (tertiary/aromatic N) is 4. The summed E-state index contributed by atoms with van der Waals surface area (Å²) in [6.45, 7) is 2.16. The van der Waals surface area contributed by atoms with Crippen molar-refractivity contribution in [3.05, 3.63) is 46.4 Å². The number of hydrogen-bond acceptors (Lipinski definition) is 7. The van der Waals surface area contributed by atoms with Gasteiger partial charge in [0.2, 0.25) is 0 Å². The second-order valence-corrected chi connectivity index (χ2v) is 7.38. The Kier molecular flexibility index (Phi) is 8.56. The van der Waals surface area contributed by atoms with Crippen molar-refractivity contribution in [2.45, 2.75) is 44.7 Å². The molecule has 10 nitrogen and oxygen atoms in total. The summed E-state index contributed by atoms with van der Waals surface area (Å²) in [7, 11) is 2.51. The van der Waals surface area contributed by atoms with E-state index in [0.717, 1.165) is 41.7 Å². The van der Waals surface area contributed by atoms with Gasteiger partial charge >= 0.3 is 0 Å². The zero-order valence-electron chi connectivity index (χ0n) is 17.9. The van der Waals surface area contributed by atoms with E-state index in [0.29, 0.717) is 11.1 Å². The molecule has 2 atom stereocenters. The highest BCUT2D eigenvalue weighted by atomic mass is 16.3. The van der Waals surface area contributed by atoms with Gasteiger partial charge in [-0.3, -0.25) is 24.4 Å². The SMILES string of the molecule is CCCCC1CC=C(c2ccc(C(=O)N(C)C(C(=O)NN=O)C(=O)N(C)N)cc2)C=N1. The number of nitroso groups, excluding NO2 is 1. The predicted molar refractivity (Wildman–Crippen MR) is 118 cm³/mol. The molecule has 1 aromatic rings. The topological polar surface area (TPSA) is 138 Å². The number of nitrogens with one attached hydrogen (secondary N) is 1. The minimum atomic E-state index is -1.63. The van der Waals surface area contributed by atoms with Crippen LogP contribution in [0, 0.1) is 4.91 Å². The van der Waals surface area contributed by atoms with Gasteiger partial charge in [-0.1, -0.05) is 38.0 Å². The van der Waals surface area contributed by atoms with Crippen LogP contribution in [-0.2, 0) is 9.59 Å². The molecule has 1 aliphatic heterocycles. The minimum absolute atomic E-state index is 0.268. The fourth-order valence-electron chi connectivity index (χ4n) is 3.27. The molecule has 0 saturated heterocycles. The Bertz CT molecular complexity index is 878. The number of likely N-dealkylation sites (N-methyl/N-ethyl adjacent to an activating group) is 2. The van der Waals surface area contributed by atoms with Gasteiger partial charge in [0.05, 0.1) is 11.3 Å². The lowest BCUT2D eigenvalue weighted by Crippen LogP contribution is -2.56. The molecule has 0 radical (unpaired) electrons. The van der Waals surface area contributed by atoms with Crippen LogP contribution in [0.3, 0.4) is 0 Å². The number of carbonyl (C=O) groups is 3. The van der Waals surface area contributed by atoms with E-state index in [-0.39, 0.29) is 5.56 Å². The summed E-state index contributed by atoms with van der Waals surface area (Å²) in [4.78, 5) is 53.1. The minimum Gasteiger partial charge on any atom is -0.321 e. The molecule has 0 fully saturated rings. The van der Waals surface area contributed by atoms with Gasteiger partial charge in [0.15, 0.2) is 6.04 Å². The first-order valence-corrected chi connectivity index (χ1v) is 10.1. The number of rotatable bonds is 9. The lowest BCUT2D eigenvalue weighted by molar-refractivity contribution is -0.141. The summed E-state index contributed by atoms with van der Waals surface area (Å²) in [6, 6.07) is 5.47. The third-order valence-corrected chi connectivity index (χ3v) is 5.08. The van der Waals surface area contributed by atoms with Crippen LogP contribution in [0.25, 0.3) is 5.57 Å². The highest BCUT2D eigenvalue weighted by Gasteiger charge is 2.35. The fraction of sp³-hybridized carbons (Fsp3) is 0.429. The van der Waals surface area contributed by atoms with E-state index in [9.17, 15) is 19.3 Å². The number of unbranched alkanes of at least 4 members (excludes halogenated alkanes) is 1. The molecule has 1 aliphatic rings. The van der Waals surface area contributed by atoms with Crippen LogP contribution in [0.2, 0.25) is 0 Å². The van der Waals surface area contributed by atoms with Crippen molar-refractivity contribution in [1.29, 1.82) is 0 Å². The maximum absolute atomic E-state index is 12.8. The van der Waals surface area contributed by atoms with Gasteiger partial charge in [0.25, 0.3) is 17.7 Å². The van der Waals surface area contributed by atoms with Gasteiger partial charge < -0.3 is 4.90 Å². The fourth-order valence-corrected chi connectivity index (χ4v) is 3.27. The van der Waals surface area contributed by atoms with E-state index in [1.165, 1.54) is 14.1 Å². The van der Waals surface area contributed by atoms with Gasteiger partial charge in [-0.25, -0.2) is 11.3 Å². The average Bonchev–Trinajstić information content (AvgIpc) is 2.77. The summed E-state index contributed by atoms with van der Waals surface area (Å²) >= 11 is 0. The summed E-state index contributed by atoms with van der Waals surface area (Å²) in [5.74, 6) is 2.92. The molecule has 3 amide bonds. The molecule has 1 heterocycles. The van der Waals surface area contributed by atoms with Crippen molar-refractivity contribution in [3.63, 3.8) is 0 Å². The Balaban J connectivity index is 2.14. The van der Waals surface area contributed by atoms with Crippen LogP contribution in [-0.4, -0.2) is 60.0 Å². The number of aliphatic imine (C=N–C) groups is 1. The molecule has 0 bridgehead atoms. The van der Waals surface area contributed by atoms with Crippen molar-refractivity contribution in [1.82, 2.24) is 15.3 Å². The molecule has 0 aliphatic carbocycles. The number of hydrazine groups is 1. The first kappa shape index (κ1) is 23.9.